The molecule has 372 valence electrons. The van der Waals surface area contributed by atoms with Crippen LogP contribution < -0.4 is 0 Å². The van der Waals surface area contributed by atoms with E-state index in [9.17, 15) is 0 Å². The lowest BCUT2D eigenvalue weighted by Gasteiger charge is -2.27. The number of para-hydroxylation sites is 2. The van der Waals surface area contributed by atoms with Crippen LogP contribution >= 0.6 is 0 Å². The number of hydrogen-bond acceptors (Lipinski definition) is 0. The van der Waals surface area contributed by atoms with Gasteiger partial charge in [0.05, 0.1) is 22.1 Å². The largest absolute Gasteiger partial charge is 0.309 e. The first-order valence-electron chi connectivity index (χ1n) is 26.9. The van der Waals surface area contributed by atoms with Crippen molar-refractivity contribution in [3.8, 4) is 55.9 Å². The molecule has 2 heterocycles. The second kappa shape index (κ2) is 15.7. The van der Waals surface area contributed by atoms with Crippen molar-refractivity contribution in [2.24, 2.45) is 0 Å². The molecule has 0 spiro atoms. The van der Waals surface area contributed by atoms with Gasteiger partial charge in [-0.15, -0.1) is 0 Å². The molecule has 76 heavy (non-hydrogen) atoms. The third-order valence-electron chi connectivity index (χ3n) is 17.5. The van der Waals surface area contributed by atoms with Gasteiger partial charge in [0.1, 0.15) is 11.6 Å². The lowest BCUT2D eigenvalue weighted by atomic mass is 9.76. The SMILES string of the molecule is CC(C)(C)c1ccc2c(c1)c1ccccc1n2-c1ccc2c(c1)C(C)(C)c1cc3c(-c4cccc(F)c4)c4c(cc3c(-c3cccc(F)c3)c1-2)C(C)(C)c1cc(-n2c3ccccc3c3cc(C(C)(C)C)ccc32)ccc1-4. The van der Waals surface area contributed by atoms with E-state index in [1.165, 1.54) is 67.0 Å². The summed E-state index contributed by atoms with van der Waals surface area (Å²) in [5.41, 5.74) is 21.4. The van der Waals surface area contributed by atoms with Gasteiger partial charge in [0.25, 0.3) is 0 Å². The van der Waals surface area contributed by atoms with Crippen LogP contribution in [0.1, 0.15) is 103 Å². The van der Waals surface area contributed by atoms with Crippen molar-refractivity contribution in [1.82, 2.24) is 9.13 Å². The molecule has 2 aliphatic rings. The zero-order valence-corrected chi connectivity index (χ0v) is 45.0. The minimum absolute atomic E-state index is 0.00662. The average molecular weight is 991 g/mol. The molecule has 0 atom stereocenters. The van der Waals surface area contributed by atoms with Gasteiger partial charge >= 0.3 is 0 Å². The lowest BCUT2D eigenvalue weighted by Crippen LogP contribution is -2.16. The molecular formula is C72H60F2N2. The first-order valence-corrected chi connectivity index (χ1v) is 26.9. The second-order valence-corrected chi connectivity index (χ2v) is 24.8. The van der Waals surface area contributed by atoms with Gasteiger partial charge in [-0.3, -0.25) is 0 Å². The normalized spacial score (nSPS) is 14.5. The van der Waals surface area contributed by atoms with Gasteiger partial charge in [0, 0.05) is 43.7 Å². The highest BCUT2D eigenvalue weighted by molar-refractivity contribution is 6.17. The molecule has 0 N–H and O–H groups in total. The van der Waals surface area contributed by atoms with E-state index in [1.54, 1.807) is 12.1 Å². The van der Waals surface area contributed by atoms with Crippen molar-refractivity contribution < 1.29 is 8.78 Å². The number of fused-ring (bicyclic) bond motifs is 13. The molecule has 0 unspecified atom stereocenters. The van der Waals surface area contributed by atoms with Gasteiger partial charge in [-0.2, -0.15) is 0 Å². The summed E-state index contributed by atoms with van der Waals surface area (Å²) in [6.07, 6.45) is 0. The zero-order chi connectivity index (χ0) is 52.5. The molecule has 0 radical (unpaired) electrons. The van der Waals surface area contributed by atoms with Gasteiger partial charge in [0.2, 0.25) is 0 Å². The summed E-state index contributed by atoms with van der Waals surface area (Å²) >= 11 is 0. The van der Waals surface area contributed by atoms with Crippen molar-refractivity contribution in [2.75, 3.05) is 0 Å². The van der Waals surface area contributed by atoms with Crippen molar-refractivity contribution in [2.45, 2.75) is 90.9 Å². The zero-order valence-electron chi connectivity index (χ0n) is 45.0. The summed E-state index contributed by atoms with van der Waals surface area (Å²) in [4.78, 5) is 0. The Kier molecular flexibility index (Phi) is 9.62. The number of benzene rings is 10. The Labute approximate surface area is 443 Å². The van der Waals surface area contributed by atoms with E-state index in [0.29, 0.717) is 0 Å². The summed E-state index contributed by atoms with van der Waals surface area (Å²) in [5.74, 6) is -0.577. The van der Waals surface area contributed by atoms with E-state index >= 15 is 8.78 Å². The summed E-state index contributed by atoms with van der Waals surface area (Å²) in [6.45, 7) is 23.0. The maximum Gasteiger partial charge on any atom is 0.123 e. The van der Waals surface area contributed by atoms with Crippen LogP contribution in [-0.4, -0.2) is 9.13 Å². The predicted molar refractivity (Wildman–Crippen MR) is 316 cm³/mol. The molecule has 10 aromatic carbocycles. The number of rotatable bonds is 4. The van der Waals surface area contributed by atoms with Crippen molar-refractivity contribution >= 4 is 54.4 Å². The fourth-order valence-electron chi connectivity index (χ4n) is 13.5. The van der Waals surface area contributed by atoms with Crippen LogP contribution in [0, 0.1) is 11.6 Å². The Bertz CT molecular complexity index is 4210. The highest BCUT2D eigenvalue weighted by atomic mass is 19.1. The second-order valence-electron chi connectivity index (χ2n) is 24.8. The van der Waals surface area contributed by atoms with Crippen LogP contribution in [0.25, 0.3) is 110 Å². The van der Waals surface area contributed by atoms with E-state index in [2.05, 4.69) is 224 Å². The van der Waals surface area contributed by atoms with E-state index in [4.69, 9.17) is 0 Å². The molecule has 2 nitrogen and oxygen atoms in total. The van der Waals surface area contributed by atoms with Crippen LogP contribution in [0.4, 0.5) is 8.78 Å². The lowest BCUT2D eigenvalue weighted by molar-refractivity contribution is 0.591. The van der Waals surface area contributed by atoms with Gasteiger partial charge < -0.3 is 9.13 Å². The highest BCUT2D eigenvalue weighted by Gasteiger charge is 2.42. The van der Waals surface area contributed by atoms with E-state index < -0.39 is 10.8 Å². The number of aromatic nitrogens is 2. The topological polar surface area (TPSA) is 9.86 Å². The van der Waals surface area contributed by atoms with Gasteiger partial charge in [-0.05, 0) is 197 Å². The van der Waals surface area contributed by atoms with E-state index in [-0.39, 0.29) is 22.5 Å². The summed E-state index contributed by atoms with van der Waals surface area (Å²) in [7, 11) is 0. The molecule has 12 aromatic rings. The fraction of sp³-hybridized carbons (Fsp3) is 0.194. The third-order valence-corrected chi connectivity index (χ3v) is 17.5. The Morgan fingerprint density at radius 1 is 0.329 bits per heavy atom. The predicted octanol–water partition coefficient (Wildman–Crippen LogP) is 19.9. The first kappa shape index (κ1) is 46.5. The molecule has 4 heteroatoms. The van der Waals surface area contributed by atoms with Crippen LogP contribution in [0.2, 0.25) is 0 Å². The number of nitrogens with zero attached hydrogens (tertiary/aromatic N) is 2. The summed E-state index contributed by atoms with van der Waals surface area (Å²) in [6, 6.07) is 64.3. The Hall–Kier alpha value is -8.08. The highest BCUT2D eigenvalue weighted by Crippen LogP contribution is 2.60. The molecule has 0 bridgehead atoms. The maximum absolute atomic E-state index is 15.9. The standard InChI is InChI=1S/C72H60F2N2/c1-69(2,3)43-25-31-63-53(35-43)49-21-11-13-23-61(49)75(63)47-27-29-51-57(37-47)71(7,8)59-39-55-56(65(67(51)59)41-17-15-19-45(73)33-41)40-60-68(66(55)42-18-16-20-46(74)34-42)52-30-28-48(38-58(52)72(60,9)10)76-62-24-14-12-22-50(62)54-36-44(70(4,5)6)26-32-64(54)76/h11-40H,1-10H3. The smallest absolute Gasteiger partial charge is 0.123 e. The molecule has 14 rings (SSSR count). The Morgan fingerprint density at radius 3 is 1.12 bits per heavy atom. The molecule has 0 saturated heterocycles. The minimum atomic E-state index is -0.477. The third kappa shape index (κ3) is 6.55. The van der Waals surface area contributed by atoms with Crippen LogP contribution in [-0.2, 0) is 21.7 Å². The molecule has 0 saturated carbocycles. The Balaban J connectivity index is 1.03. The molecular weight excluding hydrogens is 931 g/mol. The quantitative estimate of drug-likeness (QED) is 0.166. The molecule has 2 aliphatic carbocycles. The molecule has 0 fully saturated rings. The van der Waals surface area contributed by atoms with Crippen molar-refractivity contribution in [3.05, 3.63) is 227 Å². The van der Waals surface area contributed by atoms with Crippen LogP contribution in [0.15, 0.2) is 182 Å². The van der Waals surface area contributed by atoms with Gasteiger partial charge in [-0.25, -0.2) is 8.78 Å². The number of halogens is 2. The van der Waals surface area contributed by atoms with Crippen LogP contribution in [0.5, 0.6) is 0 Å². The summed E-state index contributed by atoms with van der Waals surface area (Å²) in [5, 5.41) is 6.98. The van der Waals surface area contributed by atoms with Gasteiger partial charge in [0.15, 0.2) is 0 Å². The maximum atomic E-state index is 15.9. The molecule has 0 aliphatic heterocycles. The van der Waals surface area contributed by atoms with E-state index in [1.807, 2.05) is 12.1 Å². The van der Waals surface area contributed by atoms with Gasteiger partial charge in [-0.1, -0.05) is 154 Å². The minimum Gasteiger partial charge on any atom is -0.309 e. The average Bonchev–Trinajstić information content (AvgIpc) is 4.05. The van der Waals surface area contributed by atoms with E-state index in [0.717, 1.165) is 88.8 Å². The Morgan fingerprint density at radius 2 is 0.724 bits per heavy atom. The molecule has 2 aromatic heterocycles. The fourth-order valence-corrected chi connectivity index (χ4v) is 13.5. The first-order chi connectivity index (χ1) is 36.3. The summed E-state index contributed by atoms with van der Waals surface area (Å²) < 4.78 is 36.6. The number of hydrogen-bond donors (Lipinski definition) is 0. The van der Waals surface area contributed by atoms with Crippen LogP contribution in [0.3, 0.4) is 0 Å². The van der Waals surface area contributed by atoms with Crippen molar-refractivity contribution in [3.63, 3.8) is 0 Å². The monoisotopic (exact) mass is 990 g/mol. The van der Waals surface area contributed by atoms with Crippen molar-refractivity contribution in [1.29, 1.82) is 0 Å². The molecule has 0 amide bonds.